The first kappa shape index (κ1) is 19.8. The summed E-state index contributed by atoms with van der Waals surface area (Å²) in [7, 11) is 0. The number of fused-ring (bicyclic) bond motifs is 1. The van der Waals surface area contributed by atoms with Crippen LogP contribution in [0.5, 0.6) is 0 Å². The lowest BCUT2D eigenvalue weighted by Gasteiger charge is -2.28. The number of hydrogen-bond acceptors (Lipinski definition) is 6. The second kappa shape index (κ2) is 8.19. The van der Waals surface area contributed by atoms with E-state index in [1.807, 2.05) is 4.57 Å². The van der Waals surface area contributed by atoms with Crippen LogP contribution in [-0.2, 0) is 0 Å². The van der Waals surface area contributed by atoms with Gasteiger partial charge in [-0.3, -0.25) is 19.1 Å². The SMILES string of the molecule is Cc1ccc(-n2c(SCN3C(=O)c4ccccc4C3=O)nnc2N2CCCCC2)cc1. The molecule has 2 amide bonds. The molecule has 1 fully saturated rings. The van der Waals surface area contributed by atoms with Crippen LogP contribution < -0.4 is 4.90 Å². The molecule has 0 bridgehead atoms. The number of hydrogen-bond donors (Lipinski definition) is 0. The van der Waals surface area contributed by atoms with Crippen molar-refractivity contribution in [2.45, 2.75) is 31.3 Å². The van der Waals surface area contributed by atoms with Crippen molar-refractivity contribution in [3.63, 3.8) is 0 Å². The van der Waals surface area contributed by atoms with E-state index in [1.165, 1.54) is 28.6 Å². The zero-order valence-electron chi connectivity index (χ0n) is 17.3. The van der Waals surface area contributed by atoms with E-state index in [0.29, 0.717) is 16.3 Å². The number of aromatic nitrogens is 3. The lowest BCUT2D eigenvalue weighted by molar-refractivity contribution is 0.0684. The molecular weight excluding hydrogens is 410 g/mol. The molecule has 3 aromatic rings. The highest BCUT2D eigenvalue weighted by Crippen LogP contribution is 2.31. The number of nitrogens with zero attached hydrogens (tertiary/aromatic N) is 5. The van der Waals surface area contributed by atoms with Crippen LogP contribution >= 0.6 is 11.8 Å². The molecular formula is C23H23N5O2S. The number of benzene rings is 2. The van der Waals surface area contributed by atoms with E-state index in [9.17, 15) is 9.59 Å². The summed E-state index contributed by atoms with van der Waals surface area (Å²) in [6.45, 7) is 3.96. The highest BCUT2D eigenvalue weighted by atomic mass is 32.2. The molecule has 0 aliphatic carbocycles. The summed E-state index contributed by atoms with van der Waals surface area (Å²) in [6.07, 6.45) is 3.51. The molecule has 0 radical (unpaired) electrons. The third-order valence-corrected chi connectivity index (χ3v) is 6.66. The van der Waals surface area contributed by atoms with E-state index in [4.69, 9.17) is 0 Å². The van der Waals surface area contributed by atoms with Crippen LogP contribution in [0.15, 0.2) is 53.7 Å². The standard InChI is InChI=1S/C23H23N5O2S/c1-16-9-11-17(12-10-16)28-22(26-13-5-2-6-14-26)24-25-23(28)31-15-27-20(29)18-7-3-4-8-19(18)21(27)30/h3-4,7-12H,2,5-6,13-15H2,1H3. The Morgan fingerprint density at radius 2 is 1.52 bits per heavy atom. The third kappa shape index (κ3) is 3.61. The molecule has 1 aromatic heterocycles. The fourth-order valence-corrected chi connectivity index (χ4v) is 4.95. The van der Waals surface area contributed by atoms with Crippen molar-refractivity contribution >= 4 is 29.5 Å². The number of imide groups is 1. The molecule has 2 aliphatic rings. The number of carbonyl (C=O) groups is 2. The lowest BCUT2D eigenvalue weighted by atomic mass is 10.1. The van der Waals surface area contributed by atoms with E-state index in [2.05, 4.69) is 46.3 Å². The molecule has 0 N–H and O–H groups in total. The summed E-state index contributed by atoms with van der Waals surface area (Å²) in [5.41, 5.74) is 3.07. The Balaban J connectivity index is 1.44. The number of piperidine rings is 1. The molecule has 7 nitrogen and oxygen atoms in total. The van der Waals surface area contributed by atoms with E-state index in [1.54, 1.807) is 24.3 Å². The highest BCUT2D eigenvalue weighted by molar-refractivity contribution is 7.99. The maximum Gasteiger partial charge on any atom is 0.262 e. The van der Waals surface area contributed by atoms with Gasteiger partial charge in [-0.05, 0) is 50.5 Å². The van der Waals surface area contributed by atoms with E-state index in [-0.39, 0.29) is 17.7 Å². The summed E-state index contributed by atoms with van der Waals surface area (Å²) in [4.78, 5) is 29.0. The molecule has 2 aromatic carbocycles. The van der Waals surface area contributed by atoms with Gasteiger partial charge in [0, 0.05) is 13.1 Å². The number of rotatable bonds is 5. The highest BCUT2D eigenvalue weighted by Gasteiger charge is 2.35. The van der Waals surface area contributed by atoms with Gasteiger partial charge in [0.2, 0.25) is 5.95 Å². The van der Waals surface area contributed by atoms with E-state index >= 15 is 0 Å². The van der Waals surface area contributed by atoms with Gasteiger partial charge in [0.15, 0.2) is 5.16 Å². The van der Waals surface area contributed by atoms with E-state index in [0.717, 1.165) is 37.6 Å². The minimum Gasteiger partial charge on any atom is -0.341 e. The zero-order chi connectivity index (χ0) is 21.4. The smallest absolute Gasteiger partial charge is 0.262 e. The molecule has 3 heterocycles. The van der Waals surface area contributed by atoms with Crippen LogP contribution in [0.2, 0.25) is 0 Å². The van der Waals surface area contributed by atoms with Gasteiger partial charge < -0.3 is 4.90 Å². The second-order valence-electron chi connectivity index (χ2n) is 7.86. The minimum atomic E-state index is -0.259. The van der Waals surface area contributed by atoms with Crippen molar-refractivity contribution in [3.05, 3.63) is 65.2 Å². The molecule has 2 aliphatic heterocycles. The number of aryl methyl sites for hydroxylation is 1. The fraction of sp³-hybridized carbons (Fsp3) is 0.304. The quantitative estimate of drug-likeness (QED) is 0.449. The van der Waals surface area contributed by atoms with Gasteiger partial charge in [-0.2, -0.15) is 0 Å². The van der Waals surface area contributed by atoms with Crippen molar-refractivity contribution in [1.82, 2.24) is 19.7 Å². The Labute approximate surface area is 185 Å². The average molecular weight is 434 g/mol. The van der Waals surface area contributed by atoms with Gasteiger partial charge in [0.05, 0.1) is 22.7 Å². The first-order chi connectivity index (χ1) is 15.1. The van der Waals surface area contributed by atoms with Crippen LogP contribution in [0.1, 0.15) is 45.5 Å². The average Bonchev–Trinajstić information content (AvgIpc) is 3.33. The normalized spacial score (nSPS) is 16.2. The molecule has 158 valence electrons. The molecule has 31 heavy (non-hydrogen) atoms. The van der Waals surface area contributed by atoms with Crippen LogP contribution in [0.25, 0.3) is 5.69 Å². The summed E-state index contributed by atoms with van der Waals surface area (Å²) in [5, 5.41) is 9.59. The molecule has 0 atom stereocenters. The molecule has 1 saturated heterocycles. The largest absolute Gasteiger partial charge is 0.341 e. The van der Waals surface area contributed by atoms with Crippen molar-refractivity contribution in [2.24, 2.45) is 0 Å². The Morgan fingerprint density at radius 3 is 2.16 bits per heavy atom. The lowest BCUT2D eigenvalue weighted by Crippen LogP contribution is -2.32. The van der Waals surface area contributed by atoms with E-state index < -0.39 is 0 Å². The maximum atomic E-state index is 12.7. The van der Waals surface area contributed by atoms with Gasteiger partial charge in [0.25, 0.3) is 11.8 Å². The first-order valence-electron chi connectivity index (χ1n) is 10.5. The second-order valence-corrected chi connectivity index (χ2v) is 8.77. The third-order valence-electron chi connectivity index (χ3n) is 5.75. The number of carbonyl (C=O) groups excluding carboxylic acids is 2. The van der Waals surface area contributed by atoms with Crippen molar-refractivity contribution in [2.75, 3.05) is 23.9 Å². The predicted octanol–water partition coefficient (Wildman–Crippen LogP) is 3.91. The van der Waals surface area contributed by atoms with Crippen molar-refractivity contribution < 1.29 is 9.59 Å². The monoisotopic (exact) mass is 433 g/mol. The number of anilines is 1. The summed E-state index contributed by atoms with van der Waals surface area (Å²) in [5.74, 6) is 0.487. The Kier molecular flexibility index (Phi) is 5.23. The van der Waals surface area contributed by atoms with Gasteiger partial charge in [-0.15, -0.1) is 10.2 Å². The van der Waals surface area contributed by atoms with Crippen LogP contribution in [0.3, 0.4) is 0 Å². The Hall–Kier alpha value is -3.13. The minimum absolute atomic E-state index is 0.191. The first-order valence-corrected chi connectivity index (χ1v) is 11.5. The summed E-state index contributed by atoms with van der Waals surface area (Å²) < 4.78 is 2.04. The van der Waals surface area contributed by atoms with Gasteiger partial charge >= 0.3 is 0 Å². The fourth-order valence-electron chi connectivity index (χ4n) is 4.05. The number of thioether (sulfide) groups is 1. The zero-order valence-corrected chi connectivity index (χ0v) is 18.1. The Bertz CT molecular complexity index is 1100. The predicted molar refractivity (Wildman–Crippen MR) is 120 cm³/mol. The molecule has 5 rings (SSSR count). The molecule has 0 saturated carbocycles. The Morgan fingerprint density at radius 1 is 0.871 bits per heavy atom. The molecule has 0 spiro atoms. The molecule has 0 unspecified atom stereocenters. The van der Waals surface area contributed by atoms with Gasteiger partial charge in [-0.25, -0.2) is 0 Å². The van der Waals surface area contributed by atoms with Crippen LogP contribution in [-0.4, -0.2) is 50.4 Å². The maximum absolute atomic E-state index is 12.7. The summed E-state index contributed by atoms with van der Waals surface area (Å²) in [6, 6.07) is 15.2. The van der Waals surface area contributed by atoms with Crippen molar-refractivity contribution in [1.29, 1.82) is 0 Å². The van der Waals surface area contributed by atoms with Crippen LogP contribution in [0, 0.1) is 6.92 Å². The van der Waals surface area contributed by atoms with Gasteiger partial charge in [-0.1, -0.05) is 41.6 Å². The van der Waals surface area contributed by atoms with Crippen LogP contribution in [0.4, 0.5) is 5.95 Å². The van der Waals surface area contributed by atoms with Gasteiger partial charge in [0.1, 0.15) is 0 Å². The number of amides is 2. The topological polar surface area (TPSA) is 71.3 Å². The molecule has 8 heteroatoms. The summed E-state index contributed by atoms with van der Waals surface area (Å²) >= 11 is 1.35. The van der Waals surface area contributed by atoms with Crippen molar-refractivity contribution in [3.8, 4) is 5.69 Å².